The van der Waals surface area contributed by atoms with Crippen LogP contribution in [0.5, 0.6) is 5.88 Å². The Hall–Kier alpha value is -3.21. The third-order valence-corrected chi connectivity index (χ3v) is 5.07. The molecule has 0 saturated carbocycles. The van der Waals surface area contributed by atoms with Crippen LogP contribution in [0.1, 0.15) is 33.5 Å². The van der Waals surface area contributed by atoms with E-state index in [1.54, 1.807) is 13.3 Å². The van der Waals surface area contributed by atoms with E-state index in [-0.39, 0.29) is 0 Å². The second-order valence-electron chi connectivity index (χ2n) is 7.18. The fourth-order valence-corrected chi connectivity index (χ4v) is 3.60. The minimum atomic E-state index is 0.694. The number of aromatic amines is 1. The highest BCUT2D eigenvalue weighted by Gasteiger charge is 2.10. The van der Waals surface area contributed by atoms with Crippen LogP contribution in [0.15, 0.2) is 49.1 Å². The summed E-state index contributed by atoms with van der Waals surface area (Å²) in [5.74, 6) is 0.694. The van der Waals surface area contributed by atoms with Crippen LogP contribution in [0.25, 0.3) is 11.0 Å². The lowest BCUT2D eigenvalue weighted by Crippen LogP contribution is -2.02. The third kappa shape index (κ3) is 3.74. The molecule has 0 spiro atoms. The number of hydrogen-bond donors (Lipinski definition) is 1. The van der Waals surface area contributed by atoms with E-state index in [1.165, 1.54) is 27.6 Å². The summed E-state index contributed by atoms with van der Waals surface area (Å²) in [6.45, 7) is 4.20. The molecular weight excluding hydrogens is 348 g/mol. The van der Waals surface area contributed by atoms with Gasteiger partial charge >= 0.3 is 0 Å². The van der Waals surface area contributed by atoms with Crippen LogP contribution in [0.4, 0.5) is 0 Å². The molecule has 1 N–H and O–H groups in total. The summed E-state index contributed by atoms with van der Waals surface area (Å²) in [7, 11) is 1.66. The molecule has 4 rings (SSSR count). The first-order chi connectivity index (χ1) is 13.6. The maximum absolute atomic E-state index is 5.35. The number of fused-ring (bicyclic) bond motifs is 1. The van der Waals surface area contributed by atoms with Crippen molar-refractivity contribution in [2.24, 2.45) is 0 Å². The lowest BCUT2D eigenvalue weighted by atomic mass is 10.0. The molecule has 0 atom stereocenters. The van der Waals surface area contributed by atoms with Crippen molar-refractivity contribution in [3.8, 4) is 5.88 Å². The lowest BCUT2D eigenvalue weighted by molar-refractivity contribution is 0.392. The first-order valence-electron chi connectivity index (χ1n) is 9.49. The standard InChI is InChI=1S/C23H24N4O/c1-15-9-20-19(14-27-22(20)26-12-15)11-17-10-16(2)21(25-13-17)7-6-18-5-4-8-24-23(18)28-3/h4-5,8-10,12-14H,6-7,11H2,1-3H3,(H,26,27). The van der Waals surface area contributed by atoms with Crippen molar-refractivity contribution >= 4 is 11.0 Å². The van der Waals surface area contributed by atoms with E-state index in [9.17, 15) is 0 Å². The molecule has 5 nitrogen and oxygen atoms in total. The van der Waals surface area contributed by atoms with E-state index in [2.05, 4.69) is 53.2 Å². The highest BCUT2D eigenvalue weighted by molar-refractivity contribution is 5.80. The van der Waals surface area contributed by atoms with Crippen LogP contribution < -0.4 is 4.74 Å². The van der Waals surface area contributed by atoms with Crippen LogP contribution in [-0.2, 0) is 19.3 Å². The summed E-state index contributed by atoms with van der Waals surface area (Å²) in [5, 5.41) is 1.19. The summed E-state index contributed by atoms with van der Waals surface area (Å²) in [6, 6.07) is 8.43. The van der Waals surface area contributed by atoms with Crippen LogP contribution in [0.2, 0.25) is 0 Å². The van der Waals surface area contributed by atoms with Crippen LogP contribution in [0, 0.1) is 13.8 Å². The molecule has 0 bridgehead atoms. The Morgan fingerprint density at radius 2 is 1.89 bits per heavy atom. The number of rotatable bonds is 6. The molecule has 0 aromatic carbocycles. The highest BCUT2D eigenvalue weighted by atomic mass is 16.5. The predicted octanol–water partition coefficient (Wildman–Crippen LogP) is 4.35. The van der Waals surface area contributed by atoms with Gasteiger partial charge in [0.2, 0.25) is 5.88 Å². The van der Waals surface area contributed by atoms with E-state index >= 15 is 0 Å². The molecule has 0 saturated heterocycles. The number of nitrogens with zero attached hydrogens (tertiary/aromatic N) is 3. The van der Waals surface area contributed by atoms with Gasteiger partial charge in [0.15, 0.2) is 0 Å². The van der Waals surface area contributed by atoms with Crippen molar-refractivity contribution in [2.45, 2.75) is 33.1 Å². The zero-order valence-corrected chi connectivity index (χ0v) is 16.5. The van der Waals surface area contributed by atoms with E-state index in [1.807, 2.05) is 18.5 Å². The van der Waals surface area contributed by atoms with Crippen LogP contribution in [0.3, 0.4) is 0 Å². The van der Waals surface area contributed by atoms with Gasteiger partial charge in [-0.3, -0.25) is 4.98 Å². The predicted molar refractivity (Wildman–Crippen MR) is 111 cm³/mol. The Balaban J connectivity index is 1.50. The van der Waals surface area contributed by atoms with Gasteiger partial charge in [0.25, 0.3) is 0 Å². The Morgan fingerprint density at radius 1 is 1.00 bits per heavy atom. The van der Waals surface area contributed by atoms with Gasteiger partial charge in [-0.25, -0.2) is 9.97 Å². The van der Waals surface area contributed by atoms with E-state index < -0.39 is 0 Å². The molecule has 0 aliphatic heterocycles. The van der Waals surface area contributed by atoms with Crippen molar-refractivity contribution in [1.29, 1.82) is 0 Å². The summed E-state index contributed by atoms with van der Waals surface area (Å²) < 4.78 is 5.35. The molecule has 28 heavy (non-hydrogen) atoms. The number of aromatic nitrogens is 4. The van der Waals surface area contributed by atoms with Gasteiger partial charge in [-0.15, -0.1) is 0 Å². The maximum Gasteiger partial charge on any atom is 0.216 e. The van der Waals surface area contributed by atoms with E-state index in [0.717, 1.165) is 36.2 Å². The number of hydrogen-bond acceptors (Lipinski definition) is 4. The molecule has 0 radical (unpaired) electrons. The Morgan fingerprint density at radius 3 is 2.71 bits per heavy atom. The number of ether oxygens (including phenoxy) is 1. The average Bonchev–Trinajstić information content (AvgIpc) is 3.09. The van der Waals surface area contributed by atoms with Gasteiger partial charge in [-0.1, -0.05) is 12.1 Å². The monoisotopic (exact) mass is 372 g/mol. The molecule has 5 heteroatoms. The van der Waals surface area contributed by atoms with E-state index in [0.29, 0.717) is 5.88 Å². The van der Waals surface area contributed by atoms with Gasteiger partial charge in [0.1, 0.15) is 5.65 Å². The molecule has 142 valence electrons. The quantitative estimate of drug-likeness (QED) is 0.546. The van der Waals surface area contributed by atoms with Crippen LogP contribution in [-0.4, -0.2) is 27.0 Å². The second kappa shape index (κ2) is 7.80. The molecule has 4 heterocycles. The summed E-state index contributed by atoms with van der Waals surface area (Å²) in [4.78, 5) is 16.7. The highest BCUT2D eigenvalue weighted by Crippen LogP contribution is 2.22. The number of H-pyrrole nitrogens is 1. The van der Waals surface area contributed by atoms with Crippen LogP contribution >= 0.6 is 0 Å². The first-order valence-corrected chi connectivity index (χ1v) is 9.49. The minimum absolute atomic E-state index is 0.694. The van der Waals surface area contributed by atoms with Crippen molar-refractivity contribution in [3.05, 3.63) is 82.6 Å². The third-order valence-electron chi connectivity index (χ3n) is 5.07. The molecule has 0 amide bonds. The molecule has 0 aliphatic rings. The molecule has 4 aromatic heterocycles. The van der Waals surface area contributed by atoms with Crippen molar-refractivity contribution < 1.29 is 4.74 Å². The van der Waals surface area contributed by atoms with Crippen molar-refractivity contribution in [3.63, 3.8) is 0 Å². The Bertz CT molecular complexity index is 1120. The summed E-state index contributed by atoms with van der Waals surface area (Å²) in [6.07, 6.45) is 10.3. The zero-order valence-electron chi connectivity index (χ0n) is 16.5. The largest absolute Gasteiger partial charge is 0.481 e. The fraction of sp³-hybridized carbons (Fsp3) is 0.261. The van der Waals surface area contributed by atoms with Crippen molar-refractivity contribution in [2.75, 3.05) is 7.11 Å². The molecule has 0 unspecified atom stereocenters. The van der Waals surface area contributed by atoms with Gasteiger partial charge in [0, 0.05) is 47.9 Å². The van der Waals surface area contributed by atoms with Gasteiger partial charge in [-0.2, -0.15) is 0 Å². The normalized spacial score (nSPS) is 11.1. The van der Waals surface area contributed by atoms with Crippen molar-refractivity contribution in [1.82, 2.24) is 19.9 Å². The smallest absolute Gasteiger partial charge is 0.216 e. The zero-order chi connectivity index (χ0) is 19.5. The topological polar surface area (TPSA) is 63.7 Å². The molecule has 0 aliphatic carbocycles. The average molecular weight is 372 g/mol. The number of aryl methyl sites for hydroxylation is 4. The number of pyridine rings is 3. The SMILES string of the molecule is COc1ncccc1CCc1ncc(Cc2c[nH]c3ncc(C)cc23)cc1C. The summed E-state index contributed by atoms with van der Waals surface area (Å²) >= 11 is 0. The molecule has 4 aromatic rings. The Kier molecular flexibility index (Phi) is 5.06. The molecular formula is C23H24N4O. The summed E-state index contributed by atoms with van der Waals surface area (Å²) in [5.41, 5.74) is 8.01. The second-order valence-corrected chi connectivity index (χ2v) is 7.18. The number of methoxy groups -OCH3 is 1. The fourth-order valence-electron chi connectivity index (χ4n) is 3.60. The van der Waals surface area contributed by atoms with E-state index in [4.69, 9.17) is 9.72 Å². The molecule has 0 fully saturated rings. The first kappa shape index (κ1) is 18.2. The lowest BCUT2D eigenvalue weighted by Gasteiger charge is -2.09. The number of nitrogens with one attached hydrogen (secondary N) is 1. The maximum atomic E-state index is 5.35. The van der Waals surface area contributed by atoms with Gasteiger partial charge in [0.05, 0.1) is 7.11 Å². The minimum Gasteiger partial charge on any atom is -0.481 e. The van der Waals surface area contributed by atoms with Gasteiger partial charge < -0.3 is 9.72 Å². The van der Waals surface area contributed by atoms with Gasteiger partial charge in [-0.05, 0) is 61.1 Å². The Labute approximate surface area is 164 Å².